The van der Waals surface area contributed by atoms with Gasteiger partial charge in [-0.25, -0.2) is 0 Å². The summed E-state index contributed by atoms with van der Waals surface area (Å²) >= 11 is 0. The Labute approximate surface area is 339 Å². The smallest absolute Gasteiger partial charge is 0.185 e. The number of ketones is 2. The summed E-state index contributed by atoms with van der Waals surface area (Å²) in [4.78, 5) is 24.6. The van der Waals surface area contributed by atoms with E-state index in [9.17, 15) is 9.59 Å². The van der Waals surface area contributed by atoms with Crippen LogP contribution in [0.4, 0.5) is 0 Å². The van der Waals surface area contributed by atoms with Crippen LogP contribution in [-0.2, 0) is 9.59 Å². The van der Waals surface area contributed by atoms with Crippen LogP contribution in [0.5, 0.6) is 0 Å². The molecule has 0 fully saturated rings. The number of Topliss-reactive ketones (excluding diaryl/α,β-unsaturated/α-hetero) is 1. The number of carbonyl (C=O) groups excluding carboxylic acids is 2. The van der Waals surface area contributed by atoms with Crippen molar-refractivity contribution in [3.8, 4) is 0 Å². The first kappa shape index (κ1) is 49.5. The van der Waals surface area contributed by atoms with Crippen molar-refractivity contribution >= 4 is 11.6 Å². The van der Waals surface area contributed by atoms with Gasteiger partial charge in [0.2, 0.25) is 0 Å². The Balaban J connectivity index is 2.27. The third-order valence-electron chi connectivity index (χ3n) is 10.9. The monoisotopic (exact) mass is 750 g/mol. The fourth-order valence-electron chi connectivity index (χ4n) is 6.59. The molecule has 0 aliphatic heterocycles. The Morgan fingerprint density at radius 2 is 0.636 bits per heavy atom. The van der Waals surface area contributed by atoms with E-state index >= 15 is 0 Å². The normalized spacial score (nSPS) is 16.0. The average Bonchev–Trinajstić information content (AvgIpc) is 3.11. The van der Waals surface area contributed by atoms with Gasteiger partial charge in [-0.15, -0.1) is 0 Å². The molecular formula is C53H80O2. The van der Waals surface area contributed by atoms with E-state index in [0.717, 1.165) is 83.5 Å². The largest absolute Gasteiger partial charge is 0.290 e. The molecule has 0 unspecified atom stereocenters. The molecule has 55 heavy (non-hydrogen) atoms. The zero-order valence-electron chi connectivity index (χ0n) is 37.6. The van der Waals surface area contributed by atoms with Crippen LogP contribution in [0.25, 0.3) is 0 Å². The minimum Gasteiger partial charge on any atom is -0.290 e. The quantitative estimate of drug-likeness (QED) is 0.0501. The lowest BCUT2D eigenvalue weighted by Crippen LogP contribution is -2.16. The number of allylic oxidation sites excluding steroid dienone is 22. The van der Waals surface area contributed by atoms with Crippen molar-refractivity contribution in [3.63, 3.8) is 0 Å². The van der Waals surface area contributed by atoms with Crippen LogP contribution in [-0.4, -0.2) is 11.6 Å². The van der Waals surface area contributed by atoms with Gasteiger partial charge >= 0.3 is 0 Å². The highest BCUT2D eigenvalue weighted by atomic mass is 16.2. The molecule has 0 atom stereocenters. The molecule has 0 aromatic heterocycles. The molecule has 0 saturated carbocycles. The van der Waals surface area contributed by atoms with Crippen molar-refractivity contribution in [2.24, 2.45) is 0 Å². The van der Waals surface area contributed by atoms with E-state index in [1.54, 1.807) is 13.8 Å². The zero-order valence-corrected chi connectivity index (χ0v) is 37.6. The molecule has 2 nitrogen and oxygen atoms in total. The van der Waals surface area contributed by atoms with Gasteiger partial charge in [0, 0.05) is 16.7 Å². The maximum Gasteiger partial charge on any atom is 0.185 e. The van der Waals surface area contributed by atoms with Crippen molar-refractivity contribution in [1.29, 1.82) is 0 Å². The lowest BCUT2D eigenvalue weighted by Gasteiger charge is -2.13. The van der Waals surface area contributed by atoms with Crippen LogP contribution in [0.15, 0.2) is 128 Å². The molecule has 2 heteroatoms. The first-order chi connectivity index (χ1) is 26.1. The molecule has 304 valence electrons. The highest BCUT2D eigenvalue weighted by Gasteiger charge is 2.22. The summed E-state index contributed by atoms with van der Waals surface area (Å²) in [7, 11) is 0. The van der Waals surface area contributed by atoms with Gasteiger partial charge in [-0.1, -0.05) is 105 Å². The van der Waals surface area contributed by atoms with Gasteiger partial charge < -0.3 is 0 Å². The predicted octanol–water partition coefficient (Wildman–Crippen LogP) is 16.6. The number of hydrogen-bond acceptors (Lipinski definition) is 2. The summed E-state index contributed by atoms with van der Waals surface area (Å²) in [6, 6.07) is 0. The molecule has 0 saturated heterocycles. The van der Waals surface area contributed by atoms with Crippen LogP contribution in [0.2, 0.25) is 0 Å². The van der Waals surface area contributed by atoms with E-state index in [1.165, 1.54) is 75.5 Å². The predicted molar refractivity (Wildman–Crippen MR) is 244 cm³/mol. The first-order valence-electron chi connectivity index (χ1n) is 21.4. The molecule has 0 aromatic rings. The molecular weight excluding hydrogens is 670 g/mol. The average molecular weight is 750 g/mol. The number of carbonyl (C=O) groups is 2. The number of rotatable bonds is 26. The van der Waals surface area contributed by atoms with Gasteiger partial charge in [-0.05, 0) is 198 Å². The van der Waals surface area contributed by atoms with Crippen LogP contribution < -0.4 is 0 Å². The molecule has 0 radical (unpaired) electrons. The standard InChI is InChI=1S/C53H80O2/c1-40(2)21-13-22-41(3)23-14-24-42(4)25-15-26-43(5)27-16-28-44(6)29-17-30-45(7)31-18-32-46(8)33-19-34-47(9)35-20-36-48(10)37-38-51-39-52(54)49(11)50(12)53(51)55/h21,23,25,27,29,31,33,35,37,39H,13-20,22,24,26,28,30,32,34,36,38H2,1-12H3/b41-23+,42-25+,43-27+,44-29+,45-31+,46-33+,47-35+,48-37+/i53+1. The molecule has 0 N–H and O–H groups in total. The first-order valence-corrected chi connectivity index (χ1v) is 21.4. The van der Waals surface area contributed by atoms with Gasteiger partial charge in [-0.3, -0.25) is 9.59 Å². The van der Waals surface area contributed by atoms with Crippen LogP contribution >= 0.6 is 0 Å². The van der Waals surface area contributed by atoms with E-state index in [4.69, 9.17) is 0 Å². The van der Waals surface area contributed by atoms with E-state index in [1.807, 2.05) is 0 Å². The van der Waals surface area contributed by atoms with Crippen molar-refractivity contribution in [1.82, 2.24) is 0 Å². The summed E-state index contributed by atoms with van der Waals surface area (Å²) < 4.78 is 0. The second-order valence-electron chi connectivity index (χ2n) is 16.8. The maximum absolute atomic E-state index is 12.5. The summed E-state index contributed by atoms with van der Waals surface area (Å²) in [5.41, 5.74) is 14.9. The van der Waals surface area contributed by atoms with E-state index < -0.39 is 0 Å². The van der Waals surface area contributed by atoms with E-state index in [2.05, 4.69) is 124 Å². The van der Waals surface area contributed by atoms with Crippen LogP contribution in [0.1, 0.15) is 192 Å². The van der Waals surface area contributed by atoms with Gasteiger partial charge in [-0.2, -0.15) is 0 Å². The second-order valence-corrected chi connectivity index (χ2v) is 16.8. The van der Waals surface area contributed by atoms with Gasteiger partial charge in [0.25, 0.3) is 0 Å². The molecule has 0 aromatic carbocycles. The zero-order chi connectivity index (χ0) is 41.2. The molecule has 1 aliphatic carbocycles. The maximum atomic E-state index is 12.5. The fourth-order valence-corrected chi connectivity index (χ4v) is 6.59. The molecule has 0 heterocycles. The van der Waals surface area contributed by atoms with Crippen molar-refractivity contribution < 1.29 is 9.59 Å². The molecule has 0 amide bonds. The Morgan fingerprint density at radius 3 is 0.909 bits per heavy atom. The minimum atomic E-state index is -0.0352. The van der Waals surface area contributed by atoms with Gasteiger partial charge in [0.05, 0.1) is 0 Å². The van der Waals surface area contributed by atoms with Gasteiger partial charge in [0.15, 0.2) is 11.6 Å². The third-order valence-corrected chi connectivity index (χ3v) is 10.9. The molecule has 1 aliphatic rings. The van der Waals surface area contributed by atoms with Gasteiger partial charge in [0.1, 0.15) is 0 Å². The van der Waals surface area contributed by atoms with Crippen molar-refractivity contribution in [2.75, 3.05) is 0 Å². The van der Waals surface area contributed by atoms with Crippen LogP contribution in [0, 0.1) is 0 Å². The van der Waals surface area contributed by atoms with Crippen molar-refractivity contribution in [3.05, 3.63) is 128 Å². The summed E-state index contributed by atoms with van der Waals surface area (Å²) in [6.45, 7) is 25.9. The summed E-state index contributed by atoms with van der Waals surface area (Å²) in [5.74, 6) is -0.0259. The topological polar surface area (TPSA) is 34.1 Å². The Morgan fingerprint density at radius 1 is 0.382 bits per heavy atom. The third kappa shape index (κ3) is 24.6. The summed E-state index contributed by atoms with van der Waals surface area (Å²) in [6.07, 6.45) is 41.5. The Bertz CT molecular complexity index is 1590. The van der Waals surface area contributed by atoms with Crippen LogP contribution in [0.3, 0.4) is 0 Å². The van der Waals surface area contributed by atoms with E-state index in [0.29, 0.717) is 23.1 Å². The Hall–Kier alpha value is -3.52. The lowest BCUT2D eigenvalue weighted by molar-refractivity contribution is -0.115. The van der Waals surface area contributed by atoms with Crippen molar-refractivity contribution in [2.45, 2.75) is 192 Å². The lowest BCUT2D eigenvalue weighted by atomic mass is 9.99. The fraction of sp³-hybridized carbons (Fsp3) is 0.547. The highest BCUT2D eigenvalue weighted by molar-refractivity contribution is 6.22. The Kier molecular flexibility index (Phi) is 25.9. The number of hydrogen-bond donors (Lipinski definition) is 0. The molecule has 0 spiro atoms. The molecule has 0 bridgehead atoms. The molecule has 1 rings (SSSR count). The van der Waals surface area contributed by atoms with E-state index in [-0.39, 0.29) is 11.6 Å². The summed E-state index contributed by atoms with van der Waals surface area (Å²) in [5, 5.41) is 0. The SMILES string of the molecule is CC(C)=CCC/C(C)=C/CC/C(C)=C/CC/C(C)=C/CC/C(C)=C/CC/C(C)=C/CC/C(C)=C/CC/C(C)=C/CC/C(C)=C/CC1=CC(=O)C(C)=C(C)[13C]1=O. The second kappa shape index (κ2) is 28.8. The highest BCUT2D eigenvalue weighted by Crippen LogP contribution is 2.23. The minimum absolute atomic E-state index is 0.00932.